The van der Waals surface area contributed by atoms with Crippen molar-refractivity contribution in [3.8, 4) is 17.2 Å². The first-order chi connectivity index (χ1) is 11.0. The molecule has 1 aromatic rings. The summed E-state index contributed by atoms with van der Waals surface area (Å²) in [7, 11) is 4.29. The molecule has 23 heavy (non-hydrogen) atoms. The van der Waals surface area contributed by atoms with E-state index in [2.05, 4.69) is 17.6 Å². The van der Waals surface area contributed by atoms with Crippen LogP contribution in [0.15, 0.2) is 17.1 Å². The molecule has 1 N–H and O–H groups in total. The highest BCUT2D eigenvalue weighted by Crippen LogP contribution is 2.38. The first kappa shape index (κ1) is 18.8. The van der Waals surface area contributed by atoms with Gasteiger partial charge < -0.3 is 19.3 Å². The van der Waals surface area contributed by atoms with Crippen LogP contribution in [0.3, 0.4) is 0 Å². The Hall–Kier alpha value is -2.22. The number of ether oxygens (including phenoxy) is 3. The predicted octanol–water partition coefficient (Wildman–Crippen LogP) is 2.09. The number of nitrogens with zero attached hydrogens (tertiary/aromatic N) is 1. The van der Waals surface area contributed by atoms with Crippen molar-refractivity contribution in [3.05, 3.63) is 17.7 Å². The first-order valence-corrected chi connectivity index (χ1v) is 7.37. The number of hydrogen-bond donors (Lipinski definition) is 2. The molecule has 0 fully saturated rings. The monoisotopic (exact) mass is 341 g/mol. The van der Waals surface area contributed by atoms with Gasteiger partial charge in [-0.05, 0) is 30.7 Å². The third kappa shape index (κ3) is 4.88. The number of amides is 1. The zero-order valence-electron chi connectivity index (χ0n) is 13.2. The molecular weight excluding hydrogens is 322 g/mol. The van der Waals surface area contributed by atoms with Crippen molar-refractivity contribution >= 4 is 30.2 Å². The number of aliphatic imine (C=N–C) groups is 1. The highest BCUT2D eigenvalue weighted by molar-refractivity contribution is 7.80. The Bertz CT molecular complexity index is 589. The van der Waals surface area contributed by atoms with Crippen molar-refractivity contribution in [2.24, 2.45) is 4.99 Å². The van der Waals surface area contributed by atoms with Gasteiger partial charge in [0.05, 0.1) is 21.3 Å². The molecule has 1 rings (SSSR count). The van der Waals surface area contributed by atoms with Crippen molar-refractivity contribution in [3.63, 3.8) is 0 Å². The minimum Gasteiger partial charge on any atom is -0.493 e. The third-order valence-electron chi connectivity index (χ3n) is 2.97. The van der Waals surface area contributed by atoms with E-state index in [0.717, 1.165) is 0 Å². The van der Waals surface area contributed by atoms with E-state index in [1.54, 1.807) is 0 Å². The Balaban J connectivity index is 3.23. The molecule has 0 saturated heterocycles. The lowest BCUT2D eigenvalue weighted by molar-refractivity contribution is -0.129. The number of methoxy groups -OCH3 is 3. The molecule has 0 aromatic heterocycles. The smallest absolute Gasteiger partial charge is 0.350 e. The molecule has 0 aliphatic carbocycles. The van der Waals surface area contributed by atoms with Crippen LogP contribution in [-0.4, -0.2) is 49.8 Å². The Morgan fingerprint density at radius 2 is 1.70 bits per heavy atom. The molecule has 0 unspecified atom stereocenters. The molecule has 0 aliphatic heterocycles. The summed E-state index contributed by atoms with van der Waals surface area (Å²) < 4.78 is 15.5. The van der Waals surface area contributed by atoms with Crippen molar-refractivity contribution in [2.75, 3.05) is 27.1 Å². The Morgan fingerprint density at radius 3 is 2.09 bits per heavy atom. The van der Waals surface area contributed by atoms with Crippen molar-refractivity contribution < 1.29 is 28.9 Å². The number of carbonyl (C=O) groups is 2. The summed E-state index contributed by atoms with van der Waals surface area (Å²) in [4.78, 5) is 27.1. The summed E-state index contributed by atoms with van der Waals surface area (Å²) in [5.41, 5.74) is -0.0677. The summed E-state index contributed by atoms with van der Waals surface area (Å²) >= 11 is 4.02. The minimum atomic E-state index is -1.23. The number of benzene rings is 1. The summed E-state index contributed by atoms with van der Waals surface area (Å²) in [5, 5.41) is 9.10. The van der Waals surface area contributed by atoms with Crippen LogP contribution in [-0.2, 0) is 4.79 Å². The van der Waals surface area contributed by atoms with Crippen LogP contribution in [0.2, 0.25) is 0 Å². The molecule has 0 saturated carbocycles. The fraction of sp³-hybridized carbons (Fsp3) is 0.400. The second kappa shape index (κ2) is 9.04. The standard InChI is InChI=1S/C15H19NO6S/c1-20-11-7-9(8-12(21-2)13(11)22-3)14(17)16-10(15(18)19)5-4-6-23/h7-8,23H,4-6H2,1-3H3,(H,18,19)/b16-10-. The zero-order chi connectivity index (χ0) is 17.4. The third-order valence-corrected chi connectivity index (χ3v) is 3.28. The van der Waals surface area contributed by atoms with Crippen molar-refractivity contribution in [1.82, 2.24) is 0 Å². The minimum absolute atomic E-state index is 0.143. The molecule has 126 valence electrons. The highest BCUT2D eigenvalue weighted by Gasteiger charge is 2.18. The Labute approximate surface area is 139 Å². The largest absolute Gasteiger partial charge is 0.493 e. The Kier molecular flexibility index (Phi) is 7.40. The number of carboxylic acids is 1. The Morgan fingerprint density at radius 1 is 1.13 bits per heavy atom. The fourth-order valence-corrected chi connectivity index (χ4v) is 2.01. The van der Waals surface area contributed by atoms with Crippen LogP contribution < -0.4 is 14.2 Å². The van der Waals surface area contributed by atoms with E-state index < -0.39 is 11.9 Å². The van der Waals surface area contributed by atoms with Gasteiger partial charge in [-0.2, -0.15) is 12.6 Å². The van der Waals surface area contributed by atoms with Crippen LogP contribution in [0, 0.1) is 0 Å². The number of hydrogen-bond acceptors (Lipinski definition) is 6. The van der Waals surface area contributed by atoms with E-state index in [-0.39, 0.29) is 29.2 Å². The van der Waals surface area contributed by atoms with Crippen LogP contribution in [0.5, 0.6) is 17.2 Å². The molecular formula is C15H19NO6S. The molecule has 0 spiro atoms. The van der Waals surface area contributed by atoms with Gasteiger partial charge in [-0.25, -0.2) is 9.79 Å². The maximum atomic E-state index is 12.2. The summed E-state index contributed by atoms with van der Waals surface area (Å²) in [5.74, 6) is -0.502. The predicted molar refractivity (Wildman–Crippen MR) is 88.6 cm³/mol. The highest BCUT2D eigenvalue weighted by atomic mass is 32.1. The van der Waals surface area contributed by atoms with E-state index in [9.17, 15) is 9.59 Å². The first-order valence-electron chi connectivity index (χ1n) is 6.74. The van der Waals surface area contributed by atoms with E-state index in [4.69, 9.17) is 19.3 Å². The lowest BCUT2D eigenvalue weighted by Crippen LogP contribution is -2.15. The number of carbonyl (C=O) groups excluding carboxylic acids is 1. The molecule has 1 aromatic carbocycles. The molecule has 0 heterocycles. The fourth-order valence-electron chi connectivity index (χ4n) is 1.85. The average molecular weight is 341 g/mol. The van der Waals surface area contributed by atoms with Gasteiger partial charge in [0.25, 0.3) is 5.91 Å². The van der Waals surface area contributed by atoms with Crippen LogP contribution in [0.25, 0.3) is 0 Å². The number of carboxylic acid groups (broad SMARTS) is 1. The second-order valence-corrected chi connectivity index (χ2v) is 4.86. The summed E-state index contributed by atoms with van der Waals surface area (Å²) in [6, 6.07) is 2.84. The van der Waals surface area contributed by atoms with Gasteiger partial charge in [-0.15, -0.1) is 0 Å². The topological polar surface area (TPSA) is 94.4 Å². The van der Waals surface area contributed by atoms with E-state index in [1.165, 1.54) is 33.5 Å². The quantitative estimate of drug-likeness (QED) is 0.555. The SMILES string of the molecule is COc1cc(C(=O)/N=C(/CCCS)C(=O)O)cc(OC)c1OC. The number of rotatable bonds is 8. The molecule has 0 bridgehead atoms. The normalized spacial score (nSPS) is 11.0. The van der Waals surface area contributed by atoms with Gasteiger partial charge in [0.2, 0.25) is 5.75 Å². The van der Waals surface area contributed by atoms with E-state index >= 15 is 0 Å². The number of thiol groups is 1. The second-order valence-electron chi connectivity index (χ2n) is 4.41. The summed E-state index contributed by atoms with van der Waals surface area (Å²) in [6.45, 7) is 0. The maximum absolute atomic E-state index is 12.2. The van der Waals surface area contributed by atoms with Crippen LogP contribution >= 0.6 is 12.6 Å². The molecule has 0 radical (unpaired) electrons. The molecule has 0 aliphatic rings. The van der Waals surface area contributed by atoms with Gasteiger partial charge in [-0.3, -0.25) is 4.79 Å². The lowest BCUT2D eigenvalue weighted by atomic mass is 10.1. The van der Waals surface area contributed by atoms with Gasteiger partial charge in [0.15, 0.2) is 11.5 Å². The van der Waals surface area contributed by atoms with Gasteiger partial charge >= 0.3 is 5.97 Å². The van der Waals surface area contributed by atoms with E-state index in [1.807, 2.05) is 0 Å². The van der Waals surface area contributed by atoms with Gasteiger partial charge in [-0.1, -0.05) is 0 Å². The van der Waals surface area contributed by atoms with E-state index in [0.29, 0.717) is 17.9 Å². The number of aliphatic carboxylic acids is 1. The molecule has 0 atom stereocenters. The molecule has 1 amide bonds. The maximum Gasteiger partial charge on any atom is 0.350 e. The van der Waals surface area contributed by atoms with Gasteiger partial charge in [0.1, 0.15) is 5.71 Å². The lowest BCUT2D eigenvalue weighted by Gasteiger charge is -2.13. The molecule has 7 nitrogen and oxygen atoms in total. The van der Waals surface area contributed by atoms with Crippen molar-refractivity contribution in [1.29, 1.82) is 0 Å². The van der Waals surface area contributed by atoms with Crippen LogP contribution in [0.1, 0.15) is 23.2 Å². The average Bonchev–Trinajstić information content (AvgIpc) is 2.56. The van der Waals surface area contributed by atoms with Gasteiger partial charge in [0, 0.05) is 5.56 Å². The summed E-state index contributed by atoms with van der Waals surface area (Å²) in [6.07, 6.45) is 0.672. The van der Waals surface area contributed by atoms with Crippen LogP contribution in [0.4, 0.5) is 0 Å². The van der Waals surface area contributed by atoms with Crippen molar-refractivity contribution in [2.45, 2.75) is 12.8 Å². The molecule has 8 heteroatoms. The zero-order valence-corrected chi connectivity index (χ0v) is 14.1.